The summed E-state index contributed by atoms with van der Waals surface area (Å²) in [7, 11) is 0. The van der Waals surface area contributed by atoms with Crippen LogP contribution in [0.25, 0.3) is 112 Å². The van der Waals surface area contributed by atoms with Gasteiger partial charge in [-0.25, -0.2) is 9.97 Å². The quantitative estimate of drug-likeness (QED) is 0.153. The number of benzene rings is 8. The van der Waals surface area contributed by atoms with Crippen LogP contribution in [-0.2, 0) is 12.8 Å². The van der Waals surface area contributed by atoms with Crippen LogP contribution in [0.3, 0.4) is 0 Å². The highest BCUT2D eigenvalue weighted by Crippen LogP contribution is 2.48. The lowest BCUT2D eigenvalue weighted by Crippen LogP contribution is -2.09. The van der Waals surface area contributed by atoms with Crippen LogP contribution in [-0.4, -0.2) is 19.1 Å². The maximum Gasteiger partial charge on any atom is 0.0715 e. The smallest absolute Gasteiger partial charge is 0.0715 e. The molecule has 0 fully saturated rings. The van der Waals surface area contributed by atoms with E-state index in [4.69, 9.17) is 9.97 Å². The van der Waals surface area contributed by atoms with Gasteiger partial charge in [0.1, 0.15) is 0 Å². The van der Waals surface area contributed by atoms with Gasteiger partial charge in [-0.05, 0) is 101 Å². The topological polar surface area (TPSA) is 35.6 Å². The van der Waals surface area contributed by atoms with Gasteiger partial charge in [0.2, 0.25) is 0 Å². The van der Waals surface area contributed by atoms with E-state index in [0.29, 0.717) is 0 Å². The molecule has 0 spiro atoms. The summed E-state index contributed by atoms with van der Waals surface area (Å²) >= 11 is 0. The average molecular weight is 869 g/mol. The Kier molecular flexibility index (Phi) is 9.61. The second-order valence-corrected chi connectivity index (χ2v) is 17.7. The van der Waals surface area contributed by atoms with Gasteiger partial charge in [-0.1, -0.05) is 182 Å². The zero-order valence-corrected chi connectivity index (χ0v) is 37.3. The average Bonchev–Trinajstić information content (AvgIpc) is 3.95. The molecule has 0 bridgehead atoms. The molecule has 68 heavy (non-hydrogen) atoms. The van der Waals surface area contributed by atoms with Crippen molar-refractivity contribution in [2.24, 2.45) is 0 Å². The fourth-order valence-electron chi connectivity index (χ4n) is 10.5. The van der Waals surface area contributed by atoms with Crippen LogP contribution < -0.4 is 0 Å². The number of fused-ring (bicyclic) bond motifs is 7. The third-order valence-corrected chi connectivity index (χ3v) is 13.6. The molecule has 4 heterocycles. The van der Waals surface area contributed by atoms with E-state index in [1.165, 1.54) is 44.3 Å². The Morgan fingerprint density at radius 3 is 1.15 bits per heavy atom. The number of rotatable bonds is 8. The van der Waals surface area contributed by atoms with E-state index in [2.05, 4.69) is 252 Å². The van der Waals surface area contributed by atoms with Crippen molar-refractivity contribution in [3.63, 3.8) is 0 Å². The number of pyridine rings is 2. The van der Waals surface area contributed by atoms with E-state index >= 15 is 0 Å². The molecule has 12 aromatic rings. The first-order chi connectivity index (χ1) is 33.7. The molecule has 13 rings (SSSR count). The SMILES string of the molecule is c1ccc(-c2cc(-c3cccc(-n4c5c(c6ccccc64)-c4c(c6ccccc6n4-c4cccc(-c6cc(-c7ccccc7)nc(-c7ccccc7)c6)c4)CC5)c3)cc(-c3ccccc3)n2)cc1. The Balaban J connectivity index is 0.980. The summed E-state index contributed by atoms with van der Waals surface area (Å²) in [5, 5.41) is 2.56. The van der Waals surface area contributed by atoms with Crippen molar-refractivity contribution in [1.82, 2.24) is 19.1 Å². The number of aryl methyl sites for hydroxylation is 1. The highest BCUT2D eigenvalue weighted by atomic mass is 15.0. The minimum Gasteiger partial charge on any atom is -0.313 e. The minimum atomic E-state index is 0.919. The molecule has 0 radical (unpaired) electrons. The zero-order valence-electron chi connectivity index (χ0n) is 37.3. The molecule has 0 saturated carbocycles. The lowest BCUT2D eigenvalue weighted by atomic mass is 9.91. The van der Waals surface area contributed by atoms with Crippen molar-refractivity contribution in [3.8, 4) is 89.9 Å². The largest absolute Gasteiger partial charge is 0.313 e. The first kappa shape index (κ1) is 39.5. The third-order valence-electron chi connectivity index (χ3n) is 13.6. The van der Waals surface area contributed by atoms with Gasteiger partial charge in [0.15, 0.2) is 0 Å². The van der Waals surface area contributed by atoms with Crippen LogP contribution in [0.2, 0.25) is 0 Å². The summed E-state index contributed by atoms with van der Waals surface area (Å²) in [5.41, 5.74) is 22.8. The predicted octanol–water partition coefficient (Wildman–Crippen LogP) is 16.1. The van der Waals surface area contributed by atoms with Gasteiger partial charge in [0.25, 0.3) is 0 Å². The molecule has 0 aliphatic heterocycles. The molecule has 0 N–H and O–H groups in total. The van der Waals surface area contributed by atoms with Crippen molar-refractivity contribution in [2.45, 2.75) is 12.8 Å². The van der Waals surface area contributed by atoms with Crippen LogP contribution in [0.5, 0.6) is 0 Å². The van der Waals surface area contributed by atoms with Gasteiger partial charge in [-0.15, -0.1) is 0 Å². The molecule has 320 valence electrons. The van der Waals surface area contributed by atoms with Crippen molar-refractivity contribution >= 4 is 21.8 Å². The highest BCUT2D eigenvalue weighted by molar-refractivity contribution is 6.05. The van der Waals surface area contributed by atoms with Gasteiger partial charge in [-0.2, -0.15) is 0 Å². The molecule has 8 aromatic carbocycles. The summed E-state index contributed by atoms with van der Waals surface area (Å²) in [6.07, 6.45) is 1.85. The number of hydrogen-bond donors (Lipinski definition) is 0. The molecule has 0 atom stereocenters. The molecule has 1 aliphatic carbocycles. The number of hydrogen-bond acceptors (Lipinski definition) is 2. The predicted molar refractivity (Wildman–Crippen MR) is 281 cm³/mol. The van der Waals surface area contributed by atoms with Crippen molar-refractivity contribution in [3.05, 3.63) is 254 Å². The minimum absolute atomic E-state index is 0.919. The van der Waals surface area contributed by atoms with Gasteiger partial charge in [-0.3, -0.25) is 0 Å². The number of para-hydroxylation sites is 2. The van der Waals surface area contributed by atoms with Crippen LogP contribution in [0.1, 0.15) is 11.3 Å². The monoisotopic (exact) mass is 868 g/mol. The standard InChI is InChI=1S/C64H44N4/c1-5-19-43(20-6-1)56-39-49(40-57(65-56)44-21-7-2-8-22-44)47-27-17-29-51(37-47)67-61-34-16-14-32-55(61)63-62(67)36-35-54-53-31-13-15-33-60(53)68(64(54)63)52-30-18-28-48(38-52)50-41-58(45-23-9-3-10-24-45)66-59(42-50)46-25-11-4-12-26-46/h1-34,37-42H,35-36H2. The number of nitrogens with zero attached hydrogens (tertiary/aromatic N) is 4. The van der Waals surface area contributed by atoms with E-state index in [1.54, 1.807) is 0 Å². The van der Waals surface area contributed by atoms with Crippen molar-refractivity contribution in [2.75, 3.05) is 0 Å². The zero-order chi connectivity index (χ0) is 45.0. The highest BCUT2D eigenvalue weighted by Gasteiger charge is 2.31. The molecule has 4 nitrogen and oxygen atoms in total. The van der Waals surface area contributed by atoms with Gasteiger partial charge in [0, 0.05) is 55.7 Å². The maximum absolute atomic E-state index is 5.20. The Labute approximate surface area is 395 Å². The number of aromatic nitrogens is 4. The first-order valence-electron chi connectivity index (χ1n) is 23.4. The Morgan fingerprint density at radius 1 is 0.294 bits per heavy atom. The van der Waals surface area contributed by atoms with E-state index < -0.39 is 0 Å². The van der Waals surface area contributed by atoms with E-state index in [9.17, 15) is 0 Å². The summed E-state index contributed by atoms with van der Waals surface area (Å²) in [6.45, 7) is 0. The Bertz CT molecular complexity index is 3710. The summed E-state index contributed by atoms with van der Waals surface area (Å²) in [4.78, 5) is 10.4. The molecule has 0 saturated heterocycles. The molecular weight excluding hydrogens is 825 g/mol. The first-order valence-corrected chi connectivity index (χ1v) is 23.4. The van der Waals surface area contributed by atoms with E-state index in [-0.39, 0.29) is 0 Å². The molecule has 1 aliphatic rings. The summed E-state index contributed by atoms with van der Waals surface area (Å²) in [6, 6.07) is 87.1. The summed E-state index contributed by atoms with van der Waals surface area (Å²) in [5.74, 6) is 0. The normalized spacial score (nSPS) is 12.0. The second-order valence-electron chi connectivity index (χ2n) is 17.7. The van der Waals surface area contributed by atoms with Crippen LogP contribution in [0.4, 0.5) is 0 Å². The second kappa shape index (κ2) is 16.5. The third kappa shape index (κ3) is 6.85. The molecule has 4 heteroatoms. The molecule has 4 aromatic heterocycles. The molecule has 0 amide bonds. The van der Waals surface area contributed by atoms with Crippen LogP contribution in [0.15, 0.2) is 243 Å². The lowest BCUT2D eigenvalue weighted by Gasteiger charge is -2.21. The maximum atomic E-state index is 5.20. The van der Waals surface area contributed by atoms with Crippen LogP contribution >= 0.6 is 0 Å². The van der Waals surface area contributed by atoms with Gasteiger partial charge in [0.05, 0.1) is 39.5 Å². The Hall–Kier alpha value is -8.86. The van der Waals surface area contributed by atoms with Gasteiger partial charge < -0.3 is 9.13 Å². The fraction of sp³-hybridized carbons (Fsp3) is 0.0312. The van der Waals surface area contributed by atoms with Crippen molar-refractivity contribution in [1.29, 1.82) is 0 Å². The molecule has 0 unspecified atom stereocenters. The summed E-state index contributed by atoms with van der Waals surface area (Å²) < 4.78 is 5.06. The van der Waals surface area contributed by atoms with Crippen molar-refractivity contribution < 1.29 is 0 Å². The van der Waals surface area contributed by atoms with Crippen LogP contribution in [0, 0.1) is 0 Å². The fourth-order valence-corrected chi connectivity index (χ4v) is 10.5. The lowest BCUT2D eigenvalue weighted by molar-refractivity contribution is 0.863. The van der Waals surface area contributed by atoms with E-state index in [1.807, 2.05) is 0 Å². The Morgan fingerprint density at radius 2 is 0.676 bits per heavy atom. The molecular formula is C64H44N4. The van der Waals surface area contributed by atoms with E-state index in [0.717, 1.165) is 91.5 Å². The van der Waals surface area contributed by atoms with Gasteiger partial charge >= 0.3 is 0 Å².